The summed E-state index contributed by atoms with van der Waals surface area (Å²) in [6.07, 6.45) is 2.14. The molecule has 0 saturated heterocycles. The molecule has 1 aromatic carbocycles. The predicted octanol–water partition coefficient (Wildman–Crippen LogP) is 2.83. The highest BCUT2D eigenvalue weighted by Crippen LogP contribution is 2.25. The lowest BCUT2D eigenvalue weighted by atomic mass is 10.0. The van der Waals surface area contributed by atoms with Crippen LogP contribution in [0.25, 0.3) is 0 Å². The van der Waals surface area contributed by atoms with Crippen LogP contribution in [0.5, 0.6) is 0 Å². The Kier molecular flexibility index (Phi) is 3.56. The second-order valence-corrected chi connectivity index (χ2v) is 3.86. The summed E-state index contributed by atoms with van der Waals surface area (Å²) in [4.78, 5) is 11.8. The summed E-state index contributed by atoms with van der Waals surface area (Å²) in [5, 5.41) is 3.69. The molecular formula is C12H7F5N2O. The summed E-state index contributed by atoms with van der Waals surface area (Å²) in [5.74, 6) is -12.3. The number of carbonyl (C=O) groups excluding carboxylic acids is 1. The lowest BCUT2D eigenvalue weighted by Crippen LogP contribution is -2.13. The van der Waals surface area contributed by atoms with E-state index >= 15 is 0 Å². The molecule has 0 fully saturated rings. The van der Waals surface area contributed by atoms with Gasteiger partial charge in [0.25, 0.3) is 0 Å². The van der Waals surface area contributed by atoms with Crippen molar-refractivity contribution >= 4 is 5.78 Å². The highest BCUT2D eigenvalue weighted by atomic mass is 19.2. The smallest absolute Gasteiger partial charge is 0.202 e. The predicted molar refractivity (Wildman–Crippen MR) is 57.6 cm³/mol. The Morgan fingerprint density at radius 1 is 1.05 bits per heavy atom. The van der Waals surface area contributed by atoms with Gasteiger partial charge >= 0.3 is 0 Å². The van der Waals surface area contributed by atoms with Gasteiger partial charge < -0.3 is 0 Å². The SMILES string of the molecule is CCn1cc(C(=O)c2c(F)c(F)c(F)c(F)c2F)cn1. The fourth-order valence-electron chi connectivity index (χ4n) is 1.60. The fourth-order valence-corrected chi connectivity index (χ4v) is 1.60. The van der Waals surface area contributed by atoms with Crippen LogP contribution in [0.3, 0.4) is 0 Å². The third kappa shape index (κ3) is 2.06. The lowest BCUT2D eigenvalue weighted by Gasteiger charge is -2.06. The van der Waals surface area contributed by atoms with Crippen LogP contribution in [0, 0.1) is 29.1 Å². The number of halogens is 5. The Balaban J connectivity index is 2.60. The van der Waals surface area contributed by atoms with E-state index in [-0.39, 0.29) is 5.56 Å². The molecule has 0 N–H and O–H groups in total. The van der Waals surface area contributed by atoms with Crippen molar-refractivity contribution in [1.82, 2.24) is 9.78 Å². The van der Waals surface area contributed by atoms with E-state index in [1.54, 1.807) is 6.92 Å². The summed E-state index contributed by atoms with van der Waals surface area (Å²) in [6, 6.07) is 0. The molecule has 2 rings (SSSR count). The van der Waals surface area contributed by atoms with Gasteiger partial charge in [0.05, 0.1) is 11.8 Å². The maximum Gasteiger partial charge on any atom is 0.202 e. The highest BCUT2D eigenvalue weighted by molar-refractivity contribution is 6.09. The highest BCUT2D eigenvalue weighted by Gasteiger charge is 2.30. The maximum absolute atomic E-state index is 13.5. The third-order valence-corrected chi connectivity index (χ3v) is 2.66. The first kappa shape index (κ1) is 14.2. The van der Waals surface area contributed by atoms with Gasteiger partial charge in [0.15, 0.2) is 23.3 Å². The van der Waals surface area contributed by atoms with E-state index in [4.69, 9.17) is 0 Å². The summed E-state index contributed by atoms with van der Waals surface area (Å²) >= 11 is 0. The van der Waals surface area contributed by atoms with Crippen LogP contribution in [0.1, 0.15) is 22.8 Å². The molecule has 1 heterocycles. The fraction of sp³-hybridized carbons (Fsp3) is 0.167. The van der Waals surface area contributed by atoms with Crippen molar-refractivity contribution in [3.63, 3.8) is 0 Å². The van der Waals surface area contributed by atoms with E-state index in [2.05, 4.69) is 5.10 Å². The second-order valence-electron chi connectivity index (χ2n) is 3.86. The molecule has 8 heteroatoms. The van der Waals surface area contributed by atoms with E-state index < -0.39 is 40.4 Å². The van der Waals surface area contributed by atoms with Crippen molar-refractivity contribution < 1.29 is 26.7 Å². The number of ketones is 1. The number of aromatic nitrogens is 2. The van der Waals surface area contributed by atoms with Gasteiger partial charge in [0.1, 0.15) is 5.56 Å². The first-order valence-electron chi connectivity index (χ1n) is 5.47. The van der Waals surface area contributed by atoms with Crippen molar-refractivity contribution in [2.45, 2.75) is 13.5 Å². The molecule has 1 aromatic heterocycles. The van der Waals surface area contributed by atoms with Gasteiger partial charge in [0, 0.05) is 12.7 Å². The van der Waals surface area contributed by atoms with Crippen LogP contribution < -0.4 is 0 Å². The molecule has 106 valence electrons. The number of hydrogen-bond donors (Lipinski definition) is 0. The van der Waals surface area contributed by atoms with Gasteiger partial charge in [-0.1, -0.05) is 0 Å². The molecule has 0 aliphatic heterocycles. The molecule has 3 nitrogen and oxygen atoms in total. The van der Waals surface area contributed by atoms with Crippen molar-refractivity contribution in [3.05, 3.63) is 52.6 Å². The van der Waals surface area contributed by atoms with Gasteiger partial charge in [-0.05, 0) is 6.92 Å². The normalized spacial score (nSPS) is 10.9. The van der Waals surface area contributed by atoms with Crippen LogP contribution in [0.4, 0.5) is 22.0 Å². The largest absolute Gasteiger partial charge is 0.288 e. The molecule has 0 unspecified atom stereocenters. The molecule has 0 saturated carbocycles. The molecule has 0 aliphatic rings. The van der Waals surface area contributed by atoms with Gasteiger partial charge in [-0.3, -0.25) is 9.48 Å². The average Bonchev–Trinajstić information content (AvgIpc) is 2.92. The molecule has 20 heavy (non-hydrogen) atoms. The number of aryl methyl sites for hydroxylation is 1. The lowest BCUT2D eigenvalue weighted by molar-refractivity contribution is 0.102. The zero-order valence-corrected chi connectivity index (χ0v) is 10.1. The molecule has 0 atom stereocenters. The van der Waals surface area contributed by atoms with E-state index in [0.717, 1.165) is 12.4 Å². The summed E-state index contributed by atoms with van der Waals surface area (Å²) in [5.41, 5.74) is -1.76. The summed E-state index contributed by atoms with van der Waals surface area (Å²) in [6.45, 7) is 2.07. The summed E-state index contributed by atoms with van der Waals surface area (Å²) in [7, 11) is 0. The number of hydrogen-bond acceptors (Lipinski definition) is 2. The Hall–Kier alpha value is -2.25. The molecule has 0 radical (unpaired) electrons. The van der Waals surface area contributed by atoms with Crippen LogP contribution in [0.15, 0.2) is 12.4 Å². The summed E-state index contributed by atoms with van der Waals surface area (Å²) < 4.78 is 67.1. The van der Waals surface area contributed by atoms with E-state index in [0.29, 0.717) is 6.54 Å². The van der Waals surface area contributed by atoms with Gasteiger partial charge in [-0.25, -0.2) is 22.0 Å². The van der Waals surface area contributed by atoms with Crippen LogP contribution in [-0.2, 0) is 6.54 Å². The van der Waals surface area contributed by atoms with Crippen molar-refractivity contribution in [3.8, 4) is 0 Å². The van der Waals surface area contributed by atoms with E-state index in [1.165, 1.54) is 4.68 Å². The first-order chi connectivity index (χ1) is 9.38. The minimum Gasteiger partial charge on any atom is -0.288 e. The Bertz CT molecular complexity index is 666. The number of carbonyl (C=O) groups is 1. The minimum absolute atomic E-state index is 0.268. The van der Waals surface area contributed by atoms with Crippen molar-refractivity contribution in [2.75, 3.05) is 0 Å². The minimum atomic E-state index is -2.30. The van der Waals surface area contributed by atoms with Gasteiger partial charge in [0.2, 0.25) is 11.6 Å². The zero-order valence-electron chi connectivity index (χ0n) is 10.1. The molecule has 2 aromatic rings. The quantitative estimate of drug-likeness (QED) is 0.377. The second kappa shape index (κ2) is 5.03. The maximum atomic E-state index is 13.5. The molecular weight excluding hydrogens is 283 g/mol. The van der Waals surface area contributed by atoms with Crippen LogP contribution >= 0.6 is 0 Å². The number of rotatable bonds is 3. The van der Waals surface area contributed by atoms with E-state index in [9.17, 15) is 26.7 Å². The number of nitrogens with zero attached hydrogens (tertiary/aromatic N) is 2. The molecule has 0 amide bonds. The van der Waals surface area contributed by atoms with Gasteiger partial charge in [-0.2, -0.15) is 5.10 Å². The van der Waals surface area contributed by atoms with Gasteiger partial charge in [-0.15, -0.1) is 0 Å². The van der Waals surface area contributed by atoms with E-state index in [1.807, 2.05) is 0 Å². The van der Waals surface area contributed by atoms with Crippen LogP contribution in [-0.4, -0.2) is 15.6 Å². The average molecular weight is 290 g/mol. The zero-order chi connectivity index (χ0) is 15.0. The monoisotopic (exact) mass is 290 g/mol. The standard InChI is InChI=1S/C12H7F5N2O/c1-2-19-4-5(3-18-19)12(20)6-7(13)9(15)11(17)10(16)8(6)14/h3-4H,2H2,1H3. The van der Waals surface area contributed by atoms with Crippen LogP contribution in [0.2, 0.25) is 0 Å². The Morgan fingerprint density at radius 3 is 2.00 bits per heavy atom. The third-order valence-electron chi connectivity index (χ3n) is 2.66. The molecule has 0 spiro atoms. The molecule has 0 bridgehead atoms. The van der Waals surface area contributed by atoms with Crippen molar-refractivity contribution in [2.24, 2.45) is 0 Å². The first-order valence-corrected chi connectivity index (χ1v) is 5.47. The Labute approximate surface area is 109 Å². The Morgan fingerprint density at radius 2 is 1.55 bits per heavy atom. The number of benzene rings is 1. The molecule has 0 aliphatic carbocycles. The topological polar surface area (TPSA) is 34.9 Å². The van der Waals surface area contributed by atoms with Crippen molar-refractivity contribution in [1.29, 1.82) is 0 Å².